The first-order valence-electron chi connectivity index (χ1n) is 27.8. The Morgan fingerprint density at radius 2 is 1.04 bits per heavy atom. The number of likely N-dealkylation sites (tertiary alicyclic amines) is 1. The van der Waals surface area contributed by atoms with Gasteiger partial charge in [-0.15, -0.1) is 0 Å². The normalized spacial score (nSPS) is 21.6. The second kappa shape index (κ2) is 24.6. The van der Waals surface area contributed by atoms with Crippen LogP contribution in [0.2, 0.25) is 0 Å². The smallest absolute Gasteiger partial charge is 0.347 e. The van der Waals surface area contributed by atoms with Gasteiger partial charge in [0, 0.05) is 31.2 Å². The molecular formula is C59H78F4N10O8. The van der Waals surface area contributed by atoms with Crippen molar-refractivity contribution in [3.63, 3.8) is 0 Å². The van der Waals surface area contributed by atoms with E-state index in [-0.39, 0.29) is 24.6 Å². The summed E-state index contributed by atoms with van der Waals surface area (Å²) >= 11 is 0. The molecule has 3 aromatic carbocycles. The van der Waals surface area contributed by atoms with E-state index in [1.807, 2.05) is 59.2 Å². The van der Waals surface area contributed by atoms with E-state index in [2.05, 4.69) is 31.9 Å². The molecule has 0 radical (unpaired) electrons. The minimum absolute atomic E-state index is 0.0794. The highest BCUT2D eigenvalue weighted by atomic mass is 19.3. The maximum absolute atomic E-state index is 16.1. The number of hydrogen-bond acceptors (Lipinski definition) is 10. The lowest BCUT2D eigenvalue weighted by molar-refractivity contribution is -0.208. The average Bonchev–Trinajstić information content (AvgIpc) is 3.93. The summed E-state index contributed by atoms with van der Waals surface area (Å²) in [6.07, 6.45) is 3.77. The molecule has 0 saturated carbocycles. The van der Waals surface area contributed by atoms with E-state index in [1.54, 1.807) is 69.5 Å². The Morgan fingerprint density at radius 1 is 0.568 bits per heavy atom. The van der Waals surface area contributed by atoms with Crippen molar-refractivity contribution in [2.24, 2.45) is 10.8 Å². The topological polar surface area (TPSA) is 239 Å². The maximum Gasteiger partial charge on any atom is 0.395 e. The van der Waals surface area contributed by atoms with Crippen molar-refractivity contribution in [2.75, 3.05) is 26.0 Å². The standard InChI is InChI=1S/C59H78F4N10O8/c1-32(64-9)48(74)70-46(56(3,4)5)52(78)72-30-37-27-38(26-25-36(37)28-44(72)50(76)68-42-23-15-19-34-17-11-13-21-40(34)42)66-54(80)58(60,61)59(62,63)55(81)67-39-29-45(51(77)69-43-24-16-20-35-18-12-14-22-41(35)43)73(31-39)53(79)47(57(6,7)8)71-49(75)33(2)65-10/h11-14,17-18,21-22,25-27,32-33,39,42-47,64-65H,15-16,19-20,23-24,28-31H2,1-10H3,(H,66,80)(H,67,81)(H,68,76)(H,69,77)(H,70,74)(H,71,75)/t32-,33-,39-,42+,43+,44-,45-,46?,47+/m0/s1. The molecule has 9 atom stereocenters. The van der Waals surface area contributed by atoms with Gasteiger partial charge in [-0.05, 0) is 129 Å². The first-order valence-corrected chi connectivity index (χ1v) is 27.8. The third-order valence-electron chi connectivity index (χ3n) is 16.2. The van der Waals surface area contributed by atoms with Gasteiger partial charge >= 0.3 is 17.8 Å². The molecular weight excluding hydrogens is 1050 g/mol. The highest BCUT2D eigenvalue weighted by Gasteiger charge is 2.67. The highest BCUT2D eigenvalue weighted by molar-refractivity contribution is 6.02. The Balaban J connectivity index is 1.11. The number of likely N-dealkylation sites (N-methyl/N-ethyl adjacent to an activating group) is 2. The van der Waals surface area contributed by atoms with Gasteiger partial charge in [-0.3, -0.25) is 38.4 Å². The Kier molecular flexibility index (Phi) is 18.8. The van der Waals surface area contributed by atoms with Crippen LogP contribution in [0.25, 0.3) is 0 Å². The first kappa shape index (κ1) is 61.7. The molecule has 2 heterocycles. The number of anilines is 1. The van der Waals surface area contributed by atoms with Gasteiger partial charge in [-0.25, -0.2) is 0 Å². The van der Waals surface area contributed by atoms with Crippen LogP contribution < -0.4 is 42.5 Å². The summed E-state index contributed by atoms with van der Waals surface area (Å²) < 4.78 is 64.2. The second-order valence-electron chi connectivity index (χ2n) is 24.1. The molecule has 81 heavy (non-hydrogen) atoms. The van der Waals surface area contributed by atoms with Gasteiger partial charge in [0.15, 0.2) is 0 Å². The van der Waals surface area contributed by atoms with Crippen LogP contribution >= 0.6 is 0 Å². The fourth-order valence-electron chi connectivity index (χ4n) is 11.1. The third kappa shape index (κ3) is 13.5. The average molecular weight is 1130 g/mol. The van der Waals surface area contributed by atoms with E-state index in [1.165, 1.54) is 23.1 Å². The summed E-state index contributed by atoms with van der Waals surface area (Å²) in [4.78, 5) is 114. The fraction of sp³-hybridized carbons (Fsp3) is 0.559. The van der Waals surface area contributed by atoms with Gasteiger partial charge < -0.3 is 52.3 Å². The number of amides is 8. The van der Waals surface area contributed by atoms with Crippen molar-refractivity contribution in [3.8, 4) is 0 Å². The molecule has 0 bridgehead atoms. The highest BCUT2D eigenvalue weighted by Crippen LogP contribution is 2.39. The molecule has 1 saturated heterocycles. The molecule has 8 amide bonds. The summed E-state index contributed by atoms with van der Waals surface area (Å²) in [5.74, 6) is -20.1. The first-order chi connectivity index (χ1) is 38.0. The zero-order chi connectivity index (χ0) is 59.5. The molecule has 1 fully saturated rings. The van der Waals surface area contributed by atoms with E-state index < -0.39 is 137 Å². The number of alkyl halides is 4. The van der Waals surface area contributed by atoms with E-state index >= 15 is 17.6 Å². The summed E-state index contributed by atoms with van der Waals surface area (Å²) in [5.41, 5.74) is 2.41. The Labute approximate surface area is 470 Å². The van der Waals surface area contributed by atoms with E-state index in [9.17, 15) is 38.4 Å². The lowest BCUT2D eigenvalue weighted by atomic mass is 9.83. The van der Waals surface area contributed by atoms with E-state index in [4.69, 9.17) is 0 Å². The summed E-state index contributed by atoms with van der Waals surface area (Å²) in [7, 11) is 3.12. The van der Waals surface area contributed by atoms with Crippen molar-refractivity contribution in [1.82, 2.24) is 47.0 Å². The van der Waals surface area contributed by atoms with Gasteiger partial charge in [-0.2, -0.15) is 17.6 Å². The number of fused-ring (bicyclic) bond motifs is 3. The summed E-state index contributed by atoms with van der Waals surface area (Å²) in [5, 5.41) is 21.0. The van der Waals surface area contributed by atoms with Gasteiger partial charge in [0.2, 0.25) is 35.4 Å². The van der Waals surface area contributed by atoms with Gasteiger partial charge in [0.05, 0.1) is 24.2 Å². The molecule has 3 aromatic rings. The molecule has 8 N–H and O–H groups in total. The predicted molar refractivity (Wildman–Crippen MR) is 295 cm³/mol. The van der Waals surface area contributed by atoms with E-state index in [0.29, 0.717) is 18.4 Å². The molecule has 0 spiro atoms. The van der Waals surface area contributed by atoms with Crippen LogP contribution in [0.5, 0.6) is 0 Å². The summed E-state index contributed by atoms with van der Waals surface area (Å²) in [6.45, 7) is 12.5. The zero-order valence-corrected chi connectivity index (χ0v) is 47.8. The van der Waals surface area contributed by atoms with Gasteiger partial charge in [0.25, 0.3) is 5.91 Å². The largest absolute Gasteiger partial charge is 0.395 e. The van der Waals surface area contributed by atoms with Crippen LogP contribution in [0.4, 0.5) is 23.2 Å². The molecule has 1 unspecified atom stereocenters. The lowest BCUT2D eigenvalue weighted by Crippen LogP contribution is -2.62. The predicted octanol–water partition coefficient (Wildman–Crippen LogP) is 4.90. The Morgan fingerprint density at radius 3 is 1.53 bits per heavy atom. The Hall–Kier alpha value is -6.94. The molecule has 440 valence electrons. The van der Waals surface area contributed by atoms with Crippen molar-refractivity contribution < 1.29 is 55.9 Å². The van der Waals surface area contributed by atoms with Crippen molar-refractivity contribution in [3.05, 3.63) is 100 Å². The van der Waals surface area contributed by atoms with Crippen LogP contribution in [0.15, 0.2) is 66.7 Å². The molecule has 2 aliphatic heterocycles. The molecule has 4 aliphatic rings. The fourth-order valence-corrected chi connectivity index (χ4v) is 11.1. The van der Waals surface area contributed by atoms with Gasteiger partial charge in [-0.1, -0.05) is 96.1 Å². The molecule has 22 heteroatoms. The number of halogens is 4. The van der Waals surface area contributed by atoms with Crippen LogP contribution in [-0.2, 0) is 64.2 Å². The van der Waals surface area contributed by atoms with Crippen molar-refractivity contribution in [1.29, 1.82) is 0 Å². The quantitative estimate of drug-likeness (QED) is 0.0852. The molecule has 0 aromatic heterocycles. The Bertz CT molecular complexity index is 2890. The number of carbonyl (C=O) groups excluding carboxylic acids is 8. The number of carbonyl (C=O) groups is 8. The number of nitrogens with one attached hydrogen (secondary N) is 8. The minimum Gasteiger partial charge on any atom is -0.347 e. The van der Waals surface area contributed by atoms with Crippen LogP contribution in [0.1, 0.15) is 133 Å². The lowest BCUT2D eigenvalue weighted by Gasteiger charge is -2.42. The van der Waals surface area contributed by atoms with Crippen LogP contribution in [0.3, 0.4) is 0 Å². The summed E-state index contributed by atoms with van der Waals surface area (Å²) in [6, 6.07) is 10.3. The number of benzene rings is 3. The number of rotatable bonds is 17. The number of nitrogens with zero attached hydrogens (tertiary/aromatic N) is 2. The van der Waals surface area contributed by atoms with Crippen LogP contribution in [0, 0.1) is 10.8 Å². The molecule has 7 rings (SSSR count). The van der Waals surface area contributed by atoms with Gasteiger partial charge in [0.1, 0.15) is 24.2 Å². The monoisotopic (exact) mass is 1130 g/mol. The molecule has 2 aliphatic carbocycles. The third-order valence-corrected chi connectivity index (χ3v) is 16.2. The second-order valence-corrected chi connectivity index (χ2v) is 24.1. The maximum atomic E-state index is 16.1. The molecule has 18 nitrogen and oxygen atoms in total. The van der Waals surface area contributed by atoms with Crippen LogP contribution in [-0.4, -0.2) is 132 Å². The van der Waals surface area contributed by atoms with Crippen molar-refractivity contribution in [2.45, 2.75) is 180 Å². The number of aryl methyl sites for hydroxylation is 2. The van der Waals surface area contributed by atoms with Crippen molar-refractivity contribution >= 4 is 52.9 Å². The zero-order valence-electron chi connectivity index (χ0n) is 47.8. The SMILES string of the molecule is CN[C@@H](C)C(=O)NC(C(=O)N1Cc2cc(NC(=O)C(F)(F)C(F)(F)C(=O)N[C@H]3C[C@@H](C(=O)N[C@@H]4CCCc5ccccc54)N(C(=O)[C@@H](NC(=O)[C@H](C)NC)C(C)(C)C)C3)ccc2C[C@H]1C(=O)N[C@@H]1CCCc2ccccc21)C(C)(C)C. The minimum atomic E-state index is -5.70. The van der Waals surface area contributed by atoms with E-state index in [0.717, 1.165) is 52.8 Å². The number of hydrogen-bond donors (Lipinski definition) is 8.